The summed E-state index contributed by atoms with van der Waals surface area (Å²) in [5.74, 6) is -1.64. The van der Waals surface area contributed by atoms with E-state index in [1.54, 1.807) is 12.1 Å². The highest BCUT2D eigenvalue weighted by atomic mass is 32.2. The smallest absolute Gasteiger partial charge is 0.306 e. The summed E-state index contributed by atoms with van der Waals surface area (Å²) in [5, 5.41) is 13.3. The van der Waals surface area contributed by atoms with Crippen molar-refractivity contribution in [1.82, 2.24) is 4.31 Å². The molecule has 0 aliphatic carbocycles. The first-order chi connectivity index (χ1) is 13.2. The van der Waals surface area contributed by atoms with E-state index in [9.17, 15) is 27.7 Å². The Labute approximate surface area is 161 Å². The van der Waals surface area contributed by atoms with Gasteiger partial charge in [0.25, 0.3) is 0 Å². The fourth-order valence-corrected chi connectivity index (χ4v) is 4.75. The van der Waals surface area contributed by atoms with Crippen molar-refractivity contribution < 1.29 is 22.5 Å². The van der Waals surface area contributed by atoms with Crippen molar-refractivity contribution in [2.75, 3.05) is 11.9 Å². The highest BCUT2D eigenvalue weighted by Gasteiger charge is 2.39. The van der Waals surface area contributed by atoms with Crippen LogP contribution in [0.2, 0.25) is 0 Å². The number of aryl methyl sites for hydroxylation is 1. The molecule has 0 aromatic heterocycles. The summed E-state index contributed by atoms with van der Waals surface area (Å²) in [5.41, 5.74) is 0.165. The van der Waals surface area contributed by atoms with Crippen LogP contribution >= 0.6 is 0 Å². The maximum atomic E-state index is 13.5. The summed E-state index contributed by atoms with van der Waals surface area (Å²) in [4.78, 5) is 22.7. The van der Waals surface area contributed by atoms with E-state index in [1.807, 2.05) is 6.92 Å². The van der Waals surface area contributed by atoms with E-state index >= 15 is 0 Å². The third-order valence-corrected chi connectivity index (χ3v) is 6.47. The van der Waals surface area contributed by atoms with Crippen molar-refractivity contribution in [2.24, 2.45) is 0 Å². The summed E-state index contributed by atoms with van der Waals surface area (Å²) < 4.78 is 40.4. The normalized spacial score (nSPS) is 17.4. The predicted molar refractivity (Wildman–Crippen MR) is 99.8 cm³/mol. The third kappa shape index (κ3) is 3.87. The van der Waals surface area contributed by atoms with E-state index in [2.05, 4.69) is 5.32 Å². The molecule has 2 aromatic carbocycles. The van der Waals surface area contributed by atoms with Crippen LogP contribution in [0.3, 0.4) is 0 Å². The van der Waals surface area contributed by atoms with Crippen molar-refractivity contribution in [3.8, 4) is 0 Å². The number of sulfonamides is 1. The van der Waals surface area contributed by atoms with Gasteiger partial charge in [0.1, 0.15) is 6.04 Å². The minimum atomic E-state index is -3.87. The molecule has 1 fully saturated rings. The van der Waals surface area contributed by atoms with Crippen molar-refractivity contribution in [2.45, 2.75) is 30.7 Å². The molecule has 10 heteroatoms. The third-order valence-electron chi connectivity index (χ3n) is 4.54. The van der Waals surface area contributed by atoms with Gasteiger partial charge < -0.3 is 5.32 Å². The van der Waals surface area contributed by atoms with Crippen LogP contribution < -0.4 is 5.32 Å². The van der Waals surface area contributed by atoms with Crippen molar-refractivity contribution in [1.29, 1.82) is 0 Å². The van der Waals surface area contributed by atoms with Gasteiger partial charge in [0.2, 0.25) is 21.7 Å². The van der Waals surface area contributed by atoms with Gasteiger partial charge in [-0.2, -0.15) is 8.70 Å². The van der Waals surface area contributed by atoms with Crippen LogP contribution in [0.25, 0.3) is 0 Å². The van der Waals surface area contributed by atoms with Crippen LogP contribution in [0, 0.1) is 22.9 Å². The molecule has 8 nitrogen and oxygen atoms in total. The molecule has 148 valence electrons. The van der Waals surface area contributed by atoms with E-state index < -0.39 is 38.4 Å². The molecule has 1 aliphatic rings. The lowest BCUT2D eigenvalue weighted by molar-refractivity contribution is -0.387. The molecule has 0 radical (unpaired) electrons. The number of hydrogen-bond acceptors (Lipinski definition) is 5. The molecule has 2 aromatic rings. The molecule has 1 unspecified atom stereocenters. The first-order valence-corrected chi connectivity index (χ1v) is 9.97. The second kappa shape index (κ2) is 7.64. The molecule has 28 heavy (non-hydrogen) atoms. The summed E-state index contributed by atoms with van der Waals surface area (Å²) in [6, 6.07) is 8.35. The Bertz CT molecular complexity index is 1020. The molecular weight excluding hydrogens is 389 g/mol. The standard InChI is InChI=1S/C18H18FN3O5S/c1-12-4-7-14(8-5-12)28(26,27)21-10-2-3-16(21)18(23)20-13-6-9-15(19)17(11-13)22(24)25/h4-9,11,16H,2-3,10H2,1H3,(H,20,23). The molecule has 3 rings (SSSR count). The topological polar surface area (TPSA) is 110 Å². The number of anilines is 1. The quantitative estimate of drug-likeness (QED) is 0.605. The lowest BCUT2D eigenvalue weighted by Gasteiger charge is -2.23. The van der Waals surface area contributed by atoms with E-state index in [0.717, 1.165) is 22.0 Å². The molecule has 1 amide bonds. The molecule has 0 saturated carbocycles. The number of nitrogens with one attached hydrogen (secondary N) is 1. The molecule has 1 saturated heterocycles. The number of nitro groups is 1. The largest absolute Gasteiger partial charge is 0.324 e. The first kappa shape index (κ1) is 19.9. The summed E-state index contributed by atoms with van der Waals surface area (Å²) >= 11 is 0. The maximum Gasteiger partial charge on any atom is 0.306 e. The van der Waals surface area contributed by atoms with Crippen molar-refractivity contribution >= 4 is 27.3 Å². The molecule has 1 heterocycles. The number of halogens is 1. The first-order valence-electron chi connectivity index (χ1n) is 8.53. The molecule has 1 N–H and O–H groups in total. The summed E-state index contributed by atoms with van der Waals surface area (Å²) in [6.45, 7) is 2.03. The number of nitro benzene ring substituents is 1. The zero-order chi connectivity index (χ0) is 20.5. The molecule has 1 aliphatic heterocycles. The van der Waals surface area contributed by atoms with Crippen LogP contribution in [-0.4, -0.2) is 36.1 Å². The van der Waals surface area contributed by atoms with Gasteiger partial charge in [-0.05, 0) is 44.0 Å². The summed E-state index contributed by atoms with van der Waals surface area (Å²) in [7, 11) is -3.87. The van der Waals surface area contributed by atoms with E-state index in [0.29, 0.717) is 12.8 Å². The number of carbonyl (C=O) groups is 1. The number of amides is 1. The average molecular weight is 407 g/mol. The van der Waals surface area contributed by atoms with Crippen molar-refractivity contribution in [3.05, 3.63) is 64.0 Å². The van der Waals surface area contributed by atoms with Gasteiger partial charge in [0.15, 0.2) is 0 Å². The van der Waals surface area contributed by atoms with Gasteiger partial charge in [0, 0.05) is 18.3 Å². The zero-order valence-corrected chi connectivity index (χ0v) is 15.8. The molecule has 0 spiro atoms. The van der Waals surface area contributed by atoms with Gasteiger partial charge in [0.05, 0.1) is 9.82 Å². The number of hydrogen-bond donors (Lipinski definition) is 1. The fourth-order valence-electron chi connectivity index (χ4n) is 3.09. The molecule has 0 bridgehead atoms. The van der Waals surface area contributed by atoms with Crippen LogP contribution in [0.4, 0.5) is 15.8 Å². The highest BCUT2D eigenvalue weighted by Crippen LogP contribution is 2.28. The van der Waals surface area contributed by atoms with Gasteiger partial charge >= 0.3 is 5.69 Å². The minimum absolute atomic E-state index is 0.0256. The minimum Gasteiger partial charge on any atom is -0.324 e. The van der Waals surface area contributed by atoms with Gasteiger partial charge in [-0.1, -0.05) is 17.7 Å². The molecular formula is C18H18FN3O5S. The predicted octanol–water partition coefficient (Wildman–Crippen LogP) is 2.83. The lowest BCUT2D eigenvalue weighted by Crippen LogP contribution is -2.43. The van der Waals surface area contributed by atoms with Gasteiger partial charge in [-0.25, -0.2) is 8.42 Å². The Morgan fingerprint density at radius 1 is 1.25 bits per heavy atom. The summed E-state index contributed by atoms with van der Waals surface area (Å²) in [6.07, 6.45) is 0.826. The van der Waals surface area contributed by atoms with Crippen LogP contribution in [0.5, 0.6) is 0 Å². The Balaban J connectivity index is 1.83. The van der Waals surface area contributed by atoms with E-state index in [1.165, 1.54) is 18.2 Å². The Morgan fingerprint density at radius 2 is 1.93 bits per heavy atom. The average Bonchev–Trinajstić information content (AvgIpc) is 3.14. The SMILES string of the molecule is Cc1ccc(S(=O)(=O)N2CCCC2C(=O)Nc2ccc(F)c([N+](=O)[O-])c2)cc1. The second-order valence-electron chi connectivity index (χ2n) is 6.50. The Kier molecular flexibility index (Phi) is 5.43. The Morgan fingerprint density at radius 3 is 2.57 bits per heavy atom. The number of benzene rings is 2. The molecule has 1 atom stereocenters. The Hall–Kier alpha value is -2.85. The monoisotopic (exact) mass is 407 g/mol. The number of rotatable bonds is 5. The van der Waals surface area contributed by atoms with E-state index in [-0.39, 0.29) is 17.1 Å². The number of nitrogens with zero attached hydrogens (tertiary/aromatic N) is 2. The zero-order valence-electron chi connectivity index (χ0n) is 15.0. The highest BCUT2D eigenvalue weighted by molar-refractivity contribution is 7.89. The maximum absolute atomic E-state index is 13.5. The van der Waals surface area contributed by atoms with Crippen molar-refractivity contribution in [3.63, 3.8) is 0 Å². The van der Waals surface area contributed by atoms with E-state index in [4.69, 9.17) is 0 Å². The second-order valence-corrected chi connectivity index (χ2v) is 8.39. The van der Waals surface area contributed by atoms with Gasteiger partial charge in [-0.3, -0.25) is 14.9 Å². The fraction of sp³-hybridized carbons (Fsp3) is 0.278. The lowest BCUT2D eigenvalue weighted by atomic mass is 10.2. The van der Waals surface area contributed by atoms with Gasteiger partial charge in [-0.15, -0.1) is 0 Å². The van der Waals surface area contributed by atoms with Crippen LogP contribution in [0.1, 0.15) is 18.4 Å². The van der Waals surface area contributed by atoms with Crippen LogP contribution in [0.15, 0.2) is 47.4 Å². The van der Waals surface area contributed by atoms with Crippen LogP contribution in [-0.2, 0) is 14.8 Å². The number of carbonyl (C=O) groups excluding carboxylic acids is 1.